The molecule has 0 bridgehead atoms. The maximum absolute atomic E-state index is 14.0. The van der Waals surface area contributed by atoms with Crippen LogP contribution < -0.4 is 14.5 Å². The summed E-state index contributed by atoms with van der Waals surface area (Å²) in [7, 11) is 0. The van der Waals surface area contributed by atoms with Crippen LogP contribution in [0, 0.1) is 12.8 Å². The van der Waals surface area contributed by atoms with Gasteiger partial charge in [-0.15, -0.1) is 0 Å². The number of H-pyrrole nitrogens is 1. The van der Waals surface area contributed by atoms with Crippen molar-refractivity contribution in [2.45, 2.75) is 35.9 Å². The number of halogens is 4. The van der Waals surface area contributed by atoms with Crippen LogP contribution in [-0.2, 0) is 22.4 Å². The third-order valence-electron chi connectivity index (χ3n) is 7.08. The first-order valence-electron chi connectivity index (χ1n) is 12.4. The molecule has 0 radical (unpaired) electrons. The van der Waals surface area contributed by atoms with E-state index in [2.05, 4.69) is 4.98 Å². The maximum atomic E-state index is 14.0. The zero-order valence-electron chi connectivity index (χ0n) is 21.2. The maximum Gasteiger partial charge on any atom is 0.416 e. The Morgan fingerprint density at radius 3 is 2.49 bits per heavy atom. The number of rotatable bonds is 5. The van der Waals surface area contributed by atoms with E-state index < -0.39 is 40.6 Å². The number of ether oxygens (including phenoxy) is 1. The smallest absolute Gasteiger partial charge is 0.416 e. The number of imide groups is 1. The van der Waals surface area contributed by atoms with Crippen LogP contribution in [-0.4, -0.2) is 22.0 Å². The zero-order valence-corrected chi connectivity index (χ0v) is 23.6. The van der Waals surface area contributed by atoms with Gasteiger partial charge in [0.25, 0.3) is 0 Å². The van der Waals surface area contributed by atoms with Crippen LogP contribution in [0.5, 0.6) is 5.75 Å². The molecule has 2 aliphatic heterocycles. The van der Waals surface area contributed by atoms with Crippen LogP contribution in [0.3, 0.4) is 0 Å². The predicted octanol–water partition coefficient (Wildman–Crippen LogP) is 6.79. The molecule has 0 spiro atoms. The Kier molecular flexibility index (Phi) is 6.99. The normalized spacial score (nSPS) is 20.2. The van der Waals surface area contributed by atoms with Gasteiger partial charge in [0.05, 0.1) is 22.2 Å². The van der Waals surface area contributed by atoms with Gasteiger partial charge in [-0.2, -0.15) is 13.2 Å². The molecule has 3 aromatic carbocycles. The lowest BCUT2D eigenvalue weighted by molar-refractivity contribution is -0.137. The average Bonchev–Trinajstić information content (AvgIpc) is 3.42. The molecule has 3 heterocycles. The van der Waals surface area contributed by atoms with Crippen molar-refractivity contribution in [3.05, 3.63) is 109 Å². The summed E-state index contributed by atoms with van der Waals surface area (Å²) < 4.78 is 46.5. The van der Waals surface area contributed by atoms with E-state index >= 15 is 0 Å². The number of aryl methyl sites for hydroxylation is 1. The summed E-state index contributed by atoms with van der Waals surface area (Å²) >= 11 is 8.35. The lowest BCUT2D eigenvalue weighted by Gasteiger charge is -2.31. The van der Waals surface area contributed by atoms with Gasteiger partial charge >= 0.3 is 11.0 Å². The highest BCUT2D eigenvalue weighted by Crippen LogP contribution is 2.55. The summed E-state index contributed by atoms with van der Waals surface area (Å²) in [6, 6.07) is 16.9. The number of carbonyl (C=O) groups is 2. The number of aromatic amines is 1. The molecule has 2 amide bonds. The minimum Gasteiger partial charge on any atom is -0.489 e. The number of nitrogens with one attached hydrogen (secondary N) is 1. The molecule has 2 aliphatic rings. The van der Waals surface area contributed by atoms with Crippen molar-refractivity contribution in [3.8, 4) is 5.75 Å². The van der Waals surface area contributed by atoms with E-state index in [9.17, 15) is 27.6 Å². The summed E-state index contributed by atoms with van der Waals surface area (Å²) in [6.45, 7) is 2.19. The van der Waals surface area contributed by atoms with Crippen LogP contribution in [0.2, 0.25) is 5.02 Å². The Balaban J connectivity index is 1.43. The minimum atomic E-state index is -4.65. The molecule has 6 nitrogen and oxygen atoms in total. The molecule has 1 N–H and O–H groups in total. The van der Waals surface area contributed by atoms with E-state index in [1.54, 1.807) is 18.2 Å². The molecule has 12 heteroatoms. The van der Waals surface area contributed by atoms with Crippen molar-refractivity contribution in [1.29, 1.82) is 0 Å². The number of anilines is 1. The number of benzene rings is 3. The Morgan fingerprint density at radius 2 is 1.76 bits per heavy atom. The molecule has 0 aliphatic carbocycles. The third-order valence-corrected chi connectivity index (χ3v) is 9.71. The van der Waals surface area contributed by atoms with Crippen LogP contribution in [0.4, 0.5) is 18.9 Å². The van der Waals surface area contributed by atoms with Crippen molar-refractivity contribution in [1.82, 2.24) is 4.98 Å². The standard InChI is InChI=1S/C29H20ClF3N2O4S2/c1-14-5-7-15(8-6-14)13-39-20-10-9-17(30)12-19(20)21-22-24(40-25-23(21)41-28(38)34-25)27(37)35(26(22)36)18-4-2-3-16(11-18)29(31,32)33/h2-12,21-22,24H,13H2,1H3,(H,34,38)/t21-,22-,24+/m0/s1. The molecule has 41 heavy (non-hydrogen) atoms. The summed E-state index contributed by atoms with van der Waals surface area (Å²) in [6.07, 6.45) is -4.65. The molecule has 210 valence electrons. The number of thioether (sulfide) groups is 1. The first kappa shape index (κ1) is 27.6. The van der Waals surface area contributed by atoms with Crippen LogP contribution >= 0.6 is 34.7 Å². The molecule has 4 aromatic rings. The summed E-state index contributed by atoms with van der Waals surface area (Å²) in [5.74, 6) is -2.72. The fourth-order valence-corrected chi connectivity index (χ4v) is 7.85. The van der Waals surface area contributed by atoms with Gasteiger partial charge in [-0.3, -0.25) is 14.4 Å². The Bertz CT molecular complexity index is 1740. The predicted molar refractivity (Wildman–Crippen MR) is 151 cm³/mol. The zero-order chi connectivity index (χ0) is 29.1. The van der Waals surface area contributed by atoms with Gasteiger partial charge in [0.2, 0.25) is 11.8 Å². The number of thiazole rings is 1. The van der Waals surface area contributed by atoms with E-state index in [4.69, 9.17) is 16.3 Å². The second-order valence-corrected chi connectivity index (χ2v) is 12.4. The minimum absolute atomic E-state index is 0.164. The van der Waals surface area contributed by atoms with E-state index in [-0.39, 0.29) is 17.2 Å². The fraction of sp³-hybridized carbons (Fsp3) is 0.207. The highest BCUT2D eigenvalue weighted by Gasteiger charge is 2.57. The van der Waals surface area contributed by atoms with Crippen molar-refractivity contribution >= 4 is 52.2 Å². The van der Waals surface area contributed by atoms with E-state index in [1.807, 2.05) is 31.2 Å². The average molecular weight is 617 g/mol. The van der Waals surface area contributed by atoms with Gasteiger partial charge in [-0.1, -0.05) is 70.6 Å². The van der Waals surface area contributed by atoms with Crippen molar-refractivity contribution < 1.29 is 27.5 Å². The number of hydrogen-bond donors (Lipinski definition) is 1. The molecule has 3 atom stereocenters. The molecule has 6 rings (SSSR count). The van der Waals surface area contributed by atoms with E-state index in [0.29, 0.717) is 26.2 Å². The van der Waals surface area contributed by atoms with Crippen molar-refractivity contribution in [2.75, 3.05) is 4.90 Å². The number of carbonyl (C=O) groups excluding carboxylic acids is 2. The molecular formula is C29H20ClF3N2O4S2. The van der Waals surface area contributed by atoms with E-state index in [0.717, 1.165) is 57.3 Å². The molecular weight excluding hydrogens is 597 g/mol. The molecule has 0 unspecified atom stereocenters. The van der Waals surface area contributed by atoms with Crippen molar-refractivity contribution in [2.24, 2.45) is 5.92 Å². The van der Waals surface area contributed by atoms with Gasteiger partial charge in [0, 0.05) is 21.4 Å². The number of alkyl halides is 3. The highest BCUT2D eigenvalue weighted by molar-refractivity contribution is 8.00. The lowest BCUT2D eigenvalue weighted by atomic mass is 9.82. The van der Waals surface area contributed by atoms with Gasteiger partial charge in [0.15, 0.2) is 0 Å². The van der Waals surface area contributed by atoms with E-state index in [1.165, 1.54) is 6.07 Å². The third kappa shape index (κ3) is 5.06. The first-order chi connectivity index (χ1) is 19.5. The van der Waals surface area contributed by atoms with Crippen LogP contribution in [0.25, 0.3) is 0 Å². The van der Waals surface area contributed by atoms with Gasteiger partial charge in [-0.25, -0.2) is 4.90 Å². The molecule has 1 fully saturated rings. The highest BCUT2D eigenvalue weighted by atomic mass is 35.5. The Morgan fingerprint density at radius 1 is 1.00 bits per heavy atom. The molecule has 0 saturated carbocycles. The summed E-state index contributed by atoms with van der Waals surface area (Å²) in [4.78, 5) is 43.8. The fourth-order valence-electron chi connectivity index (χ4n) is 5.17. The van der Waals surface area contributed by atoms with Crippen LogP contribution in [0.15, 0.2) is 76.6 Å². The summed E-state index contributed by atoms with van der Waals surface area (Å²) in [5.41, 5.74) is 1.37. The largest absolute Gasteiger partial charge is 0.489 e. The van der Waals surface area contributed by atoms with Gasteiger partial charge in [-0.05, 0) is 48.9 Å². The molecule has 1 aromatic heterocycles. The number of nitrogens with zero attached hydrogens (tertiary/aromatic N) is 1. The number of fused-ring (bicyclic) bond motifs is 2. The topological polar surface area (TPSA) is 79.5 Å². The summed E-state index contributed by atoms with van der Waals surface area (Å²) in [5, 5.41) is -0.195. The number of hydrogen-bond acceptors (Lipinski definition) is 6. The number of amides is 2. The van der Waals surface area contributed by atoms with Gasteiger partial charge < -0.3 is 9.72 Å². The quantitative estimate of drug-likeness (QED) is 0.250. The van der Waals surface area contributed by atoms with Crippen LogP contribution in [0.1, 0.15) is 33.0 Å². The Labute approximate surface area is 245 Å². The monoisotopic (exact) mass is 616 g/mol. The second kappa shape index (κ2) is 10.4. The number of aromatic nitrogens is 1. The first-order valence-corrected chi connectivity index (χ1v) is 14.5. The second-order valence-electron chi connectivity index (χ2n) is 9.77. The lowest BCUT2D eigenvalue weighted by Crippen LogP contribution is -2.32. The van der Waals surface area contributed by atoms with Crippen molar-refractivity contribution in [3.63, 3.8) is 0 Å². The Hall–Kier alpha value is -3.54. The van der Waals surface area contributed by atoms with Gasteiger partial charge in [0.1, 0.15) is 17.6 Å². The molecule has 1 saturated heterocycles. The SMILES string of the molecule is Cc1ccc(COc2ccc(Cl)cc2[C@@H]2c3sc(=O)[nH]c3S[C@H]3C(=O)N(c4cccc(C(F)(F)F)c4)C(=O)[C@@H]23)cc1.